The first-order valence-electron chi connectivity index (χ1n) is 9.27. The minimum atomic E-state index is -5.08. The molecule has 36 heavy (non-hydrogen) atoms. The van der Waals surface area contributed by atoms with Crippen molar-refractivity contribution in [1.82, 2.24) is 0 Å². The van der Waals surface area contributed by atoms with Gasteiger partial charge in [0.25, 0.3) is 10.0 Å². The largest absolute Gasteiger partial charge is 0.490 e. The van der Waals surface area contributed by atoms with E-state index in [-0.39, 0.29) is 20.5 Å². The first-order valence-corrected chi connectivity index (χ1v) is 14.6. The number of halogens is 5. The molecule has 0 spiro atoms. The Hall–Kier alpha value is -2.27. The molecule has 1 heterocycles. The molecule has 0 fully saturated rings. The molecule has 16 heteroatoms. The summed E-state index contributed by atoms with van der Waals surface area (Å²) in [5, 5.41) is 14.8. The van der Waals surface area contributed by atoms with Gasteiger partial charge in [-0.05, 0) is 59.3 Å². The molecule has 3 aromatic rings. The predicted molar refractivity (Wildman–Crippen MR) is 136 cm³/mol. The number of aliphatic carboxylic acids is 1. The third-order valence-corrected chi connectivity index (χ3v) is 11.2. The third-order valence-electron chi connectivity index (χ3n) is 4.10. The minimum Gasteiger partial charge on any atom is -0.475 e. The van der Waals surface area contributed by atoms with Gasteiger partial charge in [0.1, 0.15) is 15.6 Å². The fourth-order valence-electron chi connectivity index (χ4n) is 2.41. The van der Waals surface area contributed by atoms with Crippen LogP contribution in [0.25, 0.3) is 0 Å². The fraction of sp³-hybridized carbons (Fsp3) is 0.100. The van der Waals surface area contributed by atoms with E-state index in [0.717, 1.165) is 16.9 Å². The molecule has 3 rings (SSSR count). The second-order valence-electron chi connectivity index (χ2n) is 6.81. The molecule has 8 nitrogen and oxygen atoms in total. The Labute approximate surface area is 225 Å². The number of carbonyl (C=O) groups is 1. The van der Waals surface area contributed by atoms with Crippen molar-refractivity contribution in [1.29, 1.82) is 5.41 Å². The van der Waals surface area contributed by atoms with Crippen LogP contribution in [0.2, 0.25) is 0 Å². The van der Waals surface area contributed by atoms with Gasteiger partial charge in [-0.15, -0.1) is 11.3 Å². The van der Waals surface area contributed by atoms with Gasteiger partial charge >= 0.3 is 12.1 Å². The number of sulfonamides is 1. The van der Waals surface area contributed by atoms with E-state index in [0.29, 0.717) is 13.1 Å². The van der Waals surface area contributed by atoms with Gasteiger partial charge in [-0.2, -0.15) is 21.6 Å². The van der Waals surface area contributed by atoms with Gasteiger partial charge in [-0.25, -0.2) is 9.00 Å². The van der Waals surface area contributed by atoms with Gasteiger partial charge in [-0.3, -0.25) is 5.41 Å². The fourth-order valence-corrected chi connectivity index (χ4v) is 9.33. The van der Waals surface area contributed by atoms with Gasteiger partial charge in [0.15, 0.2) is 0 Å². The van der Waals surface area contributed by atoms with Crippen molar-refractivity contribution in [2.75, 3.05) is 0 Å². The Morgan fingerprint density at radius 2 is 1.61 bits per heavy atom. The number of nitrogens with one attached hydrogen (secondary N) is 1. The van der Waals surface area contributed by atoms with Crippen LogP contribution in [-0.4, -0.2) is 35.7 Å². The maximum atomic E-state index is 14.2. The van der Waals surface area contributed by atoms with E-state index in [1.807, 2.05) is 6.92 Å². The third kappa shape index (κ3) is 7.38. The summed E-state index contributed by atoms with van der Waals surface area (Å²) in [4.78, 5) is 9.58. The van der Waals surface area contributed by atoms with E-state index in [1.54, 1.807) is 36.4 Å². The molecule has 1 atom stereocenters. The average molecular weight is 691 g/mol. The predicted octanol–water partition coefficient (Wildman–Crippen LogP) is 5.77. The smallest absolute Gasteiger partial charge is 0.475 e. The standard InChI is InChI=1S/C18H15Br2N3O3S3.C2HF3O2/c1-11-5-7-13(8-6-11)29(25,26)23-28(24,14-4-2-3-12(19)9-14)16-10-15(18(21)22)27-17(16)20;3-2(4,5)1(6)7/h2-10H,1H3,(H3,21,22);(H,6,7). The number of thiophene rings is 1. The number of benzene rings is 2. The van der Waals surface area contributed by atoms with Crippen LogP contribution in [0.5, 0.6) is 0 Å². The summed E-state index contributed by atoms with van der Waals surface area (Å²) in [5.41, 5.74) is 6.45. The van der Waals surface area contributed by atoms with Crippen LogP contribution in [-0.2, 0) is 24.5 Å². The lowest BCUT2D eigenvalue weighted by Gasteiger charge is -2.11. The lowest BCUT2D eigenvalue weighted by atomic mass is 10.2. The van der Waals surface area contributed by atoms with Crippen LogP contribution in [0.4, 0.5) is 13.2 Å². The van der Waals surface area contributed by atoms with Gasteiger partial charge in [0.2, 0.25) is 0 Å². The Morgan fingerprint density at radius 1 is 1.06 bits per heavy atom. The van der Waals surface area contributed by atoms with Crippen molar-refractivity contribution in [3.05, 3.63) is 73.3 Å². The van der Waals surface area contributed by atoms with E-state index in [9.17, 15) is 25.8 Å². The monoisotopic (exact) mass is 689 g/mol. The molecule has 2 aromatic carbocycles. The van der Waals surface area contributed by atoms with E-state index >= 15 is 0 Å². The van der Waals surface area contributed by atoms with Crippen molar-refractivity contribution in [3.63, 3.8) is 0 Å². The molecule has 1 unspecified atom stereocenters. The molecule has 194 valence electrons. The molecule has 0 aliphatic heterocycles. The Balaban J connectivity index is 0.000000572. The summed E-state index contributed by atoms with van der Waals surface area (Å²) in [5.74, 6) is -2.97. The molecule has 0 saturated heterocycles. The van der Waals surface area contributed by atoms with E-state index < -0.39 is 31.9 Å². The first kappa shape index (κ1) is 30.0. The Kier molecular flexibility index (Phi) is 9.50. The van der Waals surface area contributed by atoms with Crippen molar-refractivity contribution < 1.29 is 35.7 Å². The summed E-state index contributed by atoms with van der Waals surface area (Å²) >= 11 is 7.75. The molecular weight excluding hydrogens is 675 g/mol. The molecule has 1 aromatic heterocycles. The highest BCUT2D eigenvalue weighted by Crippen LogP contribution is 2.38. The minimum absolute atomic E-state index is 0.0519. The number of nitrogen functional groups attached to an aromatic ring is 1. The molecular formula is C20H16Br2F3N3O5S3. The number of nitrogens with zero attached hydrogens (tertiary/aromatic N) is 1. The van der Waals surface area contributed by atoms with Crippen LogP contribution >= 0.6 is 43.2 Å². The lowest BCUT2D eigenvalue weighted by Crippen LogP contribution is -2.21. The molecule has 0 radical (unpaired) electrons. The maximum absolute atomic E-state index is 14.2. The highest BCUT2D eigenvalue weighted by Gasteiger charge is 2.38. The van der Waals surface area contributed by atoms with Crippen LogP contribution in [0.15, 0.2) is 81.3 Å². The highest BCUT2D eigenvalue weighted by atomic mass is 79.9. The van der Waals surface area contributed by atoms with Crippen LogP contribution in [0.3, 0.4) is 0 Å². The molecule has 4 N–H and O–H groups in total. The molecule has 0 amide bonds. The topological polar surface area (TPSA) is 151 Å². The second-order valence-corrected chi connectivity index (χ2v) is 14.1. The van der Waals surface area contributed by atoms with Crippen LogP contribution in [0.1, 0.15) is 10.4 Å². The zero-order valence-corrected chi connectivity index (χ0v) is 23.5. The van der Waals surface area contributed by atoms with Crippen LogP contribution < -0.4 is 5.73 Å². The number of carboxylic acids is 1. The Bertz CT molecular complexity index is 1530. The summed E-state index contributed by atoms with van der Waals surface area (Å²) in [7, 11) is -7.85. The number of hydrogen-bond acceptors (Lipinski definition) is 6. The SMILES string of the molecule is Cc1ccc(S(=O)(=O)N=S(=O)(c2cccc(Br)c2)c2cc(C(=N)N)sc2Br)cc1.O=C(O)C(F)(F)F. The number of alkyl halides is 3. The van der Waals surface area contributed by atoms with E-state index in [4.69, 9.17) is 21.0 Å². The van der Waals surface area contributed by atoms with E-state index in [2.05, 4.69) is 35.6 Å². The summed E-state index contributed by atoms with van der Waals surface area (Å²) < 4.78 is 76.8. The number of amidine groups is 1. The van der Waals surface area contributed by atoms with E-state index in [1.165, 1.54) is 18.2 Å². The van der Waals surface area contributed by atoms with Crippen molar-refractivity contribution in [3.8, 4) is 0 Å². The number of aryl methyl sites for hydroxylation is 1. The van der Waals surface area contributed by atoms with Crippen molar-refractivity contribution in [2.45, 2.75) is 27.8 Å². The number of hydrogen-bond donors (Lipinski definition) is 3. The van der Waals surface area contributed by atoms with Crippen molar-refractivity contribution >= 4 is 74.8 Å². The van der Waals surface area contributed by atoms with Gasteiger partial charge < -0.3 is 10.8 Å². The van der Waals surface area contributed by atoms with Gasteiger partial charge in [-0.1, -0.05) is 43.5 Å². The highest BCUT2D eigenvalue weighted by molar-refractivity contribution is 9.11. The number of carboxylic acid groups (broad SMARTS) is 1. The summed E-state index contributed by atoms with van der Waals surface area (Å²) in [6.45, 7) is 1.84. The summed E-state index contributed by atoms with van der Waals surface area (Å²) in [6, 6.07) is 14.1. The van der Waals surface area contributed by atoms with Crippen LogP contribution in [0, 0.1) is 12.3 Å². The maximum Gasteiger partial charge on any atom is 0.490 e. The van der Waals surface area contributed by atoms with Gasteiger partial charge in [0.05, 0.1) is 23.4 Å². The molecule has 0 aliphatic carbocycles. The number of rotatable bonds is 5. The first-order chi connectivity index (χ1) is 16.5. The summed E-state index contributed by atoms with van der Waals surface area (Å²) in [6.07, 6.45) is -5.08. The normalized spacial score (nSPS) is 13.2. The molecule has 0 aliphatic rings. The zero-order valence-electron chi connectivity index (χ0n) is 17.9. The molecule has 0 bridgehead atoms. The lowest BCUT2D eigenvalue weighted by molar-refractivity contribution is -0.192. The Morgan fingerprint density at radius 3 is 2.06 bits per heavy atom. The number of nitrogens with two attached hydrogens (primary N) is 1. The molecule has 0 saturated carbocycles. The quantitative estimate of drug-likeness (QED) is 0.228. The zero-order chi connectivity index (χ0) is 27.5. The van der Waals surface area contributed by atoms with Crippen molar-refractivity contribution in [2.24, 2.45) is 9.50 Å². The average Bonchev–Trinajstić information content (AvgIpc) is 3.16. The van der Waals surface area contributed by atoms with Gasteiger partial charge in [0, 0.05) is 4.47 Å². The second kappa shape index (κ2) is 11.4.